The minimum absolute atomic E-state index is 0.0130. The van der Waals surface area contributed by atoms with Crippen LogP contribution in [-0.2, 0) is 24.7 Å². The Morgan fingerprint density at radius 3 is 2.62 bits per heavy atom. The summed E-state index contributed by atoms with van der Waals surface area (Å²) in [5.41, 5.74) is 3.03. The monoisotopic (exact) mass is 349 g/mol. The molecule has 0 spiro atoms. The van der Waals surface area contributed by atoms with Gasteiger partial charge in [0.15, 0.2) is 0 Å². The number of carbonyl (C=O) groups is 1. The van der Waals surface area contributed by atoms with E-state index in [0.717, 1.165) is 6.42 Å². The molecule has 5 nitrogen and oxygen atoms in total. The SMILES string of the molecule is Cc1ccccc1CCC(=O)NCCc1nc2ccccc2c(=O)n1C. The van der Waals surface area contributed by atoms with Crippen LogP contribution in [-0.4, -0.2) is 22.0 Å². The highest BCUT2D eigenvalue weighted by molar-refractivity contribution is 5.77. The van der Waals surface area contributed by atoms with Gasteiger partial charge < -0.3 is 5.32 Å². The second kappa shape index (κ2) is 7.95. The van der Waals surface area contributed by atoms with Gasteiger partial charge >= 0.3 is 0 Å². The molecule has 1 amide bonds. The van der Waals surface area contributed by atoms with Crippen LogP contribution in [0.5, 0.6) is 0 Å². The molecule has 0 saturated carbocycles. The Morgan fingerprint density at radius 2 is 1.81 bits per heavy atom. The highest BCUT2D eigenvalue weighted by atomic mass is 16.1. The molecule has 0 unspecified atom stereocenters. The molecular weight excluding hydrogens is 326 g/mol. The summed E-state index contributed by atoms with van der Waals surface area (Å²) < 4.78 is 1.56. The number of nitrogens with zero attached hydrogens (tertiary/aromatic N) is 2. The van der Waals surface area contributed by atoms with Gasteiger partial charge in [0, 0.05) is 26.4 Å². The third-order valence-corrected chi connectivity index (χ3v) is 4.63. The zero-order chi connectivity index (χ0) is 18.5. The number of aromatic nitrogens is 2. The predicted molar refractivity (Wildman–Crippen MR) is 103 cm³/mol. The van der Waals surface area contributed by atoms with Gasteiger partial charge in [0.1, 0.15) is 5.82 Å². The molecule has 1 aromatic heterocycles. The summed E-state index contributed by atoms with van der Waals surface area (Å²) in [4.78, 5) is 29.0. The van der Waals surface area contributed by atoms with Crippen LogP contribution in [0.2, 0.25) is 0 Å². The van der Waals surface area contributed by atoms with Crippen LogP contribution < -0.4 is 10.9 Å². The smallest absolute Gasteiger partial charge is 0.261 e. The van der Waals surface area contributed by atoms with Crippen molar-refractivity contribution in [2.45, 2.75) is 26.2 Å². The lowest BCUT2D eigenvalue weighted by Gasteiger charge is -2.10. The number of fused-ring (bicyclic) bond motifs is 1. The number of hydrogen-bond acceptors (Lipinski definition) is 3. The minimum Gasteiger partial charge on any atom is -0.356 e. The molecule has 26 heavy (non-hydrogen) atoms. The number of aryl methyl sites for hydroxylation is 2. The van der Waals surface area contributed by atoms with Gasteiger partial charge in [0.05, 0.1) is 10.9 Å². The molecule has 1 heterocycles. The van der Waals surface area contributed by atoms with E-state index in [-0.39, 0.29) is 11.5 Å². The fourth-order valence-corrected chi connectivity index (χ4v) is 3.03. The molecule has 0 radical (unpaired) electrons. The Bertz CT molecular complexity index is 992. The van der Waals surface area contributed by atoms with Crippen LogP contribution in [0.3, 0.4) is 0 Å². The molecule has 0 aliphatic heterocycles. The van der Waals surface area contributed by atoms with Gasteiger partial charge in [-0.2, -0.15) is 0 Å². The van der Waals surface area contributed by atoms with E-state index in [2.05, 4.69) is 29.4 Å². The fourth-order valence-electron chi connectivity index (χ4n) is 3.03. The first-order valence-corrected chi connectivity index (χ1v) is 8.82. The summed E-state index contributed by atoms with van der Waals surface area (Å²) in [6.07, 6.45) is 1.70. The highest BCUT2D eigenvalue weighted by Gasteiger charge is 2.09. The van der Waals surface area contributed by atoms with E-state index in [4.69, 9.17) is 0 Å². The number of rotatable bonds is 6. The van der Waals surface area contributed by atoms with Crippen LogP contribution in [0.4, 0.5) is 0 Å². The Labute approximate surface area is 152 Å². The van der Waals surface area contributed by atoms with Crippen LogP contribution in [0.15, 0.2) is 53.3 Å². The van der Waals surface area contributed by atoms with E-state index in [1.807, 2.05) is 30.3 Å². The van der Waals surface area contributed by atoms with E-state index >= 15 is 0 Å². The van der Waals surface area contributed by atoms with Gasteiger partial charge in [-0.05, 0) is 36.6 Å². The zero-order valence-corrected chi connectivity index (χ0v) is 15.2. The van der Waals surface area contributed by atoms with E-state index in [0.29, 0.717) is 36.1 Å². The summed E-state index contributed by atoms with van der Waals surface area (Å²) in [6.45, 7) is 2.52. The summed E-state index contributed by atoms with van der Waals surface area (Å²) in [5, 5.41) is 3.53. The van der Waals surface area contributed by atoms with Crippen molar-refractivity contribution in [2.24, 2.45) is 7.05 Å². The van der Waals surface area contributed by atoms with Crippen molar-refractivity contribution < 1.29 is 4.79 Å². The van der Waals surface area contributed by atoms with E-state index in [1.54, 1.807) is 17.7 Å². The van der Waals surface area contributed by atoms with E-state index in [9.17, 15) is 9.59 Å². The maximum absolute atomic E-state index is 12.4. The van der Waals surface area contributed by atoms with Crippen molar-refractivity contribution in [2.75, 3.05) is 6.54 Å². The quantitative estimate of drug-likeness (QED) is 0.744. The largest absolute Gasteiger partial charge is 0.356 e. The van der Waals surface area contributed by atoms with Crippen molar-refractivity contribution in [3.05, 3.63) is 75.8 Å². The summed E-state index contributed by atoms with van der Waals surface area (Å²) in [5.74, 6) is 0.687. The van der Waals surface area contributed by atoms with Gasteiger partial charge in [0.2, 0.25) is 5.91 Å². The lowest BCUT2D eigenvalue weighted by atomic mass is 10.0. The van der Waals surface area contributed by atoms with Crippen LogP contribution in [0, 0.1) is 6.92 Å². The van der Waals surface area contributed by atoms with Gasteiger partial charge in [-0.15, -0.1) is 0 Å². The average Bonchev–Trinajstić information content (AvgIpc) is 2.65. The Balaban J connectivity index is 1.57. The summed E-state index contributed by atoms with van der Waals surface area (Å²) in [7, 11) is 1.72. The first-order chi connectivity index (χ1) is 12.6. The molecule has 0 atom stereocenters. The molecule has 0 bridgehead atoms. The third kappa shape index (κ3) is 3.99. The summed E-state index contributed by atoms with van der Waals surface area (Å²) >= 11 is 0. The molecule has 5 heteroatoms. The molecule has 3 rings (SSSR count). The molecule has 0 saturated heterocycles. The first-order valence-electron chi connectivity index (χ1n) is 8.82. The maximum Gasteiger partial charge on any atom is 0.261 e. The van der Waals surface area contributed by atoms with Crippen molar-refractivity contribution in [1.29, 1.82) is 0 Å². The van der Waals surface area contributed by atoms with Gasteiger partial charge in [-0.3, -0.25) is 14.2 Å². The van der Waals surface area contributed by atoms with Gasteiger partial charge in [0.25, 0.3) is 5.56 Å². The maximum atomic E-state index is 12.4. The second-order valence-corrected chi connectivity index (χ2v) is 6.44. The number of amides is 1. The molecule has 0 fully saturated rings. The van der Waals surface area contributed by atoms with E-state index < -0.39 is 0 Å². The van der Waals surface area contributed by atoms with Gasteiger partial charge in [-0.1, -0.05) is 36.4 Å². The molecule has 0 aliphatic rings. The Kier molecular flexibility index (Phi) is 5.46. The molecule has 2 aromatic carbocycles. The topological polar surface area (TPSA) is 64.0 Å². The van der Waals surface area contributed by atoms with Crippen molar-refractivity contribution >= 4 is 16.8 Å². The van der Waals surface area contributed by atoms with Crippen LogP contribution in [0.1, 0.15) is 23.4 Å². The standard InChI is InChI=1S/C21H23N3O2/c1-15-7-3-4-8-16(15)11-12-20(25)22-14-13-19-23-18-10-6-5-9-17(18)21(26)24(19)2/h3-10H,11-14H2,1-2H3,(H,22,25). The highest BCUT2D eigenvalue weighted by Crippen LogP contribution is 2.09. The van der Waals surface area contributed by atoms with Crippen molar-refractivity contribution in [3.8, 4) is 0 Å². The first kappa shape index (κ1) is 17.9. The van der Waals surface area contributed by atoms with Crippen LogP contribution in [0.25, 0.3) is 10.9 Å². The number of para-hydroxylation sites is 1. The van der Waals surface area contributed by atoms with Crippen molar-refractivity contribution in [3.63, 3.8) is 0 Å². The lowest BCUT2D eigenvalue weighted by molar-refractivity contribution is -0.121. The van der Waals surface area contributed by atoms with Crippen LogP contribution >= 0.6 is 0 Å². The average molecular weight is 349 g/mol. The molecule has 134 valence electrons. The molecule has 3 aromatic rings. The fraction of sp³-hybridized carbons (Fsp3) is 0.286. The normalized spacial score (nSPS) is 10.8. The minimum atomic E-state index is -0.0588. The Hall–Kier alpha value is -2.95. The third-order valence-electron chi connectivity index (χ3n) is 4.63. The van der Waals surface area contributed by atoms with E-state index in [1.165, 1.54) is 11.1 Å². The number of hydrogen-bond donors (Lipinski definition) is 1. The number of benzene rings is 2. The Morgan fingerprint density at radius 1 is 1.08 bits per heavy atom. The van der Waals surface area contributed by atoms with Gasteiger partial charge in [-0.25, -0.2) is 4.98 Å². The molecule has 1 N–H and O–H groups in total. The predicted octanol–water partition coefficient (Wildman–Crippen LogP) is 2.53. The molecular formula is C21H23N3O2. The lowest BCUT2D eigenvalue weighted by Crippen LogP contribution is -2.29. The number of nitrogens with one attached hydrogen (secondary N) is 1. The second-order valence-electron chi connectivity index (χ2n) is 6.44. The molecule has 0 aliphatic carbocycles. The van der Waals surface area contributed by atoms with Crippen molar-refractivity contribution in [1.82, 2.24) is 14.9 Å². The summed E-state index contributed by atoms with van der Waals surface area (Å²) in [6, 6.07) is 15.4. The number of carbonyl (C=O) groups excluding carboxylic acids is 1. The zero-order valence-electron chi connectivity index (χ0n) is 15.2.